The molecule has 0 saturated carbocycles. The third-order valence-electron chi connectivity index (χ3n) is 3.72. The molecule has 1 saturated heterocycles. The van der Waals surface area contributed by atoms with Crippen LogP contribution < -0.4 is 0 Å². The van der Waals surface area contributed by atoms with Gasteiger partial charge in [0, 0.05) is 6.61 Å². The van der Waals surface area contributed by atoms with Gasteiger partial charge in [-0.3, -0.25) is 0 Å². The molecule has 1 fully saturated rings. The van der Waals surface area contributed by atoms with Gasteiger partial charge in [-0.2, -0.15) is 0 Å². The van der Waals surface area contributed by atoms with Crippen LogP contribution in [0.1, 0.15) is 37.5 Å². The van der Waals surface area contributed by atoms with Crippen molar-refractivity contribution in [3.8, 4) is 0 Å². The first-order chi connectivity index (χ1) is 9.09. The topological polar surface area (TPSA) is 27.1 Å². The Morgan fingerprint density at radius 1 is 1.47 bits per heavy atom. The van der Waals surface area contributed by atoms with Crippen molar-refractivity contribution in [2.45, 2.75) is 37.8 Å². The molecule has 2 aromatic rings. The molecule has 1 aliphatic heterocycles. The van der Waals surface area contributed by atoms with E-state index in [0.29, 0.717) is 5.02 Å². The molecule has 1 aromatic carbocycles. The number of ether oxygens (including phenoxy) is 1. The molecule has 1 aliphatic rings. The maximum absolute atomic E-state index is 6.29. The normalized spacial score (nSPS) is 25.1. The van der Waals surface area contributed by atoms with Crippen LogP contribution in [0, 0.1) is 0 Å². The van der Waals surface area contributed by atoms with Gasteiger partial charge in [-0.1, -0.05) is 17.7 Å². The summed E-state index contributed by atoms with van der Waals surface area (Å²) in [6.45, 7) is 4.81. The van der Waals surface area contributed by atoms with E-state index < -0.39 is 0 Å². The van der Waals surface area contributed by atoms with Gasteiger partial charge in [0.2, 0.25) is 0 Å². The van der Waals surface area contributed by atoms with Crippen LogP contribution in [0.15, 0.2) is 18.2 Å². The minimum Gasteiger partial charge on any atom is -0.376 e. The van der Waals surface area contributed by atoms with Crippen molar-refractivity contribution in [3.05, 3.63) is 29.0 Å². The number of hydrogen-bond donors (Lipinski definition) is 0. The van der Waals surface area contributed by atoms with Crippen molar-refractivity contribution in [1.82, 2.24) is 9.55 Å². The second-order valence-electron chi connectivity index (χ2n) is 5.00. The number of benzene rings is 1. The van der Waals surface area contributed by atoms with Crippen LogP contribution >= 0.6 is 23.2 Å². The van der Waals surface area contributed by atoms with E-state index in [-0.39, 0.29) is 17.5 Å². The summed E-state index contributed by atoms with van der Waals surface area (Å²) in [5.74, 6) is 0.868. The van der Waals surface area contributed by atoms with Gasteiger partial charge in [0.05, 0.1) is 28.1 Å². The molecule has 5 heteroatoms. The first-order valence-corrected chi connectivity index (χ1v) is 7.33. The molecule has 0 spiro atoms. The average Bonchev–Trinajstić information content (AvgIpc) is 2.93. The lowest BCUT2D eigenvalue weighted by molar-refractivity contribution is 0.108. The van der Waals surface area contributed by atoms with Gasteiger partial charge in [0.1, 0.15) is 11.3 Å². The molecule has 3 unspecified atom stereocenters. The monoisotopic (exact) mass is 298 g/mol. The largest absolute Gasteiger partial charge is 0.376 e. The fraction of sp³-hybridized carbons (Fsp3) is 0.500. The SMILES string of the molecule is CC(Cl)c1nc2c(Cl)cccc2n1C1CCOC1C. The second-order valence-corrected chi connectivity index (χ2v) is 6.06. The van der Waals surface area contributed by atoms with Gasteiger partial charge in [0.25, 0.3) is 0 Å². The smallest absolute Gasteiger partial charge is 0.128 e. The van der Waals surface area contributed by atoms with Crippen molar-refractivity contribution < 1.29 is 4.74 Å². The molecule has 0 aliphatic carbocycles. The van der Waals surface area contributed by atoms with E-state index in [1.165, 1.54) is 0 Å². The third-order valence-corrected chi connectivity index (χ3v) is 4.22. The first kappa shape index (κ1) is 13.2. The fourth-order valence-corrected chi connectivity index (χ4v) is 3.16. The minimum atomic E-state index is -0.156. The van der Waals surface area contributed by atoms with Gasteiger partial charge in [-0.05, 0) is 32.4 Å². The summed E-state index contributed by atoms with van der Waals surface area (Å²) in [5, 5.41) is 0.512. The van der Waals surface area contributed by atoms with Crippen LogP contribution in [0.2, 0.25) is 5.02 Å². The molecule has 0 amide bonds. The first-order valence-electron chi connectivity index (χ1n) is 6.51. The zero-order chi connectivity index (χ0) is 13.6. The van der Waals surface area contributed by atoms with Crippen molar-refractivity contribution in [3.63, 3.8) is 0 Å². The Morgan fingerprint density at radius 3 is 2.89 bits per heavy atom. The predicted octanol–water partition coefficient (Wildman–Crippen LogP) is 4.34. The van der Waals surface area contributed by atoms with Crippen LogP contribution in [-0.2, 0) is 4.74 Å². The number of fused-ring (bicyclic) bond motifs is 1. The van der Waals surface area contributed by atoms with Gasteiger partial charge in [-0.15, -0.1) is 11.6 Å². The molecule has 3 nitrogen and oxygen atoms in total. The molecule has 1 aromatic heterocycles. The van der Waals surface area contributed by atoms with Crippen molar-refractivity contribution in [2.75, 3.05) is 6.61 Å². The number of hydrogen-bond acceptors (Lipinski definition) is 2. The van der Waals surface area contributed by atoms with Crippen LogP contribution in [0.25, 0.3) is 11.0 Å². The summed E-state index contributed by atoms with van der Waals surface area (Å²) < 4.78 is 7.88. The number of halogens is 2. The third kappa shape index (κ3) is 2.14. The summed E-state index contributed by atoms with van der Waals surface area (Å²) in [5.41, 5.74) is 1.86. The molecule has 3 rings (SSSR count). The van der Waals surface area contributed by atoms with E-state index >= 15 is 0 Å². The second kappa shape index (κ2) is 4.97. The predicted molar refractivity (Wildman–Crippen MR) is 78.1 cm³/mol. The zero-order valence-corrected chi connectivity index (χ0v) is 12.4. The highest BCUT2D eigenvalue weighted by molar-refractivity contribution is 6.35. The Bertz CT molecular complexity index is 609. The van der Waals surface area contributed by atoms with Gasteiger partial charge < -0.3 is 9.30 Å². The van der Waals surface area contributed by atoms with Crippen LogP contribution in [0.4, 0.5) is 0 Å². The standard InChI is InChI=1S/C14H16Cl2N2O/c1-8(15)14-17-13-10(16)4-3-5-12(13)18(14)11-6-7-19-9(11)2/h3-5,8-9,11H,6-7H2,1-2H3. The van der Waals surface area contributed by atoms with Gasteiger partial charge in [0.15, 0.2) is 0 Å². The Morgan fingerprint density at radius 2 is 2.26 bits per heavy atom. The Balaban J connectivity index is 2.25. The molecule has 0 bridgehead atoms. The van der Waals surface area contributed by atoms with Crippen LogP contribution in [-0.4, -0.2) is 22.3 Å². The van der Waals surface area contributed by atoms with Crippen molar-refractivity contribution in [1.29, 1.82) is 0 Å². The number of nitrogens with zero attached hydrogens (tertiary/aromatic N) is 2. The van der Waals surface area contributed by atoms with Crippen LogP contribution in [0.3, 0.4) is 0 Å². The zero-order valence-electron chi connectivity index (χ0n) is 10.9. The number of aromatic nitrogens is 2. The minimum absolute atomic E-state index is 0.156. The number of rotatable bonds is 2. The van der Waals surface area contributed by atoms with Crippen molar-refractivity contribution in [2.24, 2.45) is 0 Å². The molecular formula is C14H16Cl2N2O. The molecule has 0 N–H and O–H groups in total. The lowest BCUT2D eigenvalue weighted by Gasteiger charge is -2.20. The summed E-state index contributed by atoms with van der Waals surface area (Å²) in [6, 6.07) is 6.13. The van der Waals surface area contributed by atoms with E-state index in [1.54, 1.807) is 0 Å². The molecular weight excluding hydrogens is 283 g/mol. The van der Waals surface area contributed by atoms with E-state index in [9.17, 15) is 0 Å². The maximum Gasteiger partial charge on any atom is 0.128 e. The summed E-state index contributed by atoms with van der Waals surface area (Å²) >= 11 is 12.5. The Kier molecular flexibility index (Phi) is 3.46. The lowest BCUT2D eigenvalue weighted by atomic mass is 10.1. The highest BCUT2D eigenvalue weighted by atomic mass is 35.5. The highest BCUT2D eigenvalue weighted by Crippen LogP contribution is 2.36. The molecule has 102 valence electrons. The Labute approximate surface area is 122 Å². The van der Waals surface area contributed by atoms with E-state index in [2.05, 4.69) is 16.5 Å². The quantitative estimate of drug-likeness (QED) is 0.771. The summed E-state index contributed by atoms with van der Waals surface area (Å²) in [4.78, 5) is 4.63. The lowest BCUT2D eigenvalue weighted by Crippen LogP contribution is -2.19. The molecule has 2 heterocycles. The highest BCUT2D eigenvalue weighted by Gasteiger charge is 2.30. The summed E-state index contributed by atoms with van der Waals surface area (Å²) in [6.07, 6.45) is 1.15. The molecule has 0 radical (unpaired) electrons. The summed E-state index contributed by atoms with van der Waals surface area (Å²) in [7, 11) is 0. The van der Waals surface area contributed by atoms with Crippen LogP contribution in [0.5, 0.6) is 0 Å². The van der Waals surface area contributed by atoms with Crippen molar-refractivity contribution >= 4 is 34.2 Å². The number of para-hydroxylation sites is 1. The fourth-order valence-electron chi connectivity index (χ4n) is 2.79. The van der Waals surface area contributed by atoms with Gasteiger partial charge >= 0.3 is 0 Å². The Hall–Kier alpha value is -0.770. The van der Waals surface area contributed by atoms with Gasteiger partial charge in [-0.25, -0.2) is 4.98 Å². The van der Waals surface area contributed by atoms with E-state index in [1.807, 2.05) is 25.1 Å². The number of alkyl halides is 1. The number of imidazole rings is 1. The van der Waals surface area contributed by atoms with E-state index in [4.69, 9.17) is 27.9 Å². The average molecular weight is 299 g/mol. The maximum atomic E-state index is 6.29. The molecule has 3 atom stereocenters. The molecule has 19 heavy (non-hydrogen) atoms. The van der Waals surface area contributed by atoms with E-state index in [0.717, 1.165) is 29.9 Å².